The zero-order chi connectivity index (χ0) is 10.8. The Kier molecular flexibility index (Phi) is 2.18. The predicted octanol–water partition coefficient (Wildman–Crippen LogP) is 2.17. The number of fused-ring (bicyclic) bond motifs is 1. The van der Waals surface area contributed by atoms with Crippen LogP contribution in [0.4, 0.5) is 0 Å². The fourth-order valence-electron chi connectivity index (χ4n) is 1.89. The maximum Gasteiger partial charge on any atom is 0.222 e. The molecule has 2 aromatic rings. The first-order valence-corrected chi connectivity index (χ1v) is 5.34. The van der Waals surface area contributed by atoms with Crippen molar-refractivity contribution in [1.82, 2.24) is 0 Å². The van der Waals surface area contributed by atoms with Gasteiger partial charge in [0.2, 0.25) is 18.5 Å². The van der Waals surface area contributed by atoms with E-state index in [1.54, 1.807) is 4.73 Å². The Labute approximate surface area is 94.4 Å². The highest BCUT2D eigenvalue weighted by atomic mass is 16.7. The second kappa shape index (κ2) is 3.81. The molecule has 2 heteroatoms. The number of nitrogens with zero attached hydrogens (tertiary/aromatic N) is 1. The van der Waals surface area contributed by atoms with Crippen molar-refractivity contribution >= 4 is 6.08 Å². The van der Waals surface area contributed by atoms with E-state index >= 15 is 0 Å². The fourth-order valence-corrected chi connectivity index (χ4v) is 1.89. The van der Waals surface area contributed by atoms with Crippen LogP contribution in [0.15, 0.2) is 60.9 Å². The molecule has 0 saturated carbocycles. The van der Waals surface area contributed by atoms with Gasteiger partial charge in [-0.15, -0.1) is 0 Å². The van der Waals surface area contributed by atoms with Gasteiger partial charge < -0.3 is 0 Å². The molecule has 3 rings (SSSR count). The van der Waals surface area contributed by atoms with E-state index in [0.29, 0.717) is 0 Å². The van der Waals surface area contributed by atoms with E-state index < -0.39 is 0 Å². The Morgan fingerprint density at radius 1 is 0.938 bits per heavy atom. The lowest BCUT2D eigenvalue weighted by atomic mass is 10.1. The zero-order valence-electron chi connectivity index (χ0n) is 8.78. The molecular weight excluding hydrogens is 198 g/mol. The zero-order valence-corrected chi connectivity index (χ0v) is 8.78. The van der Waals surface area contributed by atoms with Crippen LogP contribution in [-0.4, -0.2) is 0 Å². The number of benzene rings is 1. The van der Waals surface area contributed by atoms with Crippen molar-refractivity contribution in [3.05, 3.63) is 72.1 Å². The molecular formula is C14H12NO+. The van der Waals surface area contributed by atoms with Crippen LogP contribution >= 0.6 is 0 Å². The van der Waals surface area contributed by atoms with Gasteiger partial charge in [-0.1, -0.05) is 36.4 Å². The Morgan fingerprint density at radius 2 is 1.75 bits per heavy atom. The van der Waals surface area contributed by atoms with Crippen LogP contribution in [0.5, 0.6) is 0 Å². The average molecular weight is 210 g/mol. The summed E-state index contributed by atoms with van der Waals surface area (Å²) in [5, 5.41) is 0. The number of rotatable bonds is 2. The quantitative estimate of drug-likeness (QED) is 0.692. The van der Waals surface area contributed by atoms with Crippen molar-refractivity contribution < 1.29 is 9.57 Å². The third kappa shape index (κ3) is 1.58. The third-order valence-electron chi connectivity index (χ3n) is 2.68. The third-order valence-corrected chi connectivity index (χ3v) is 2.68. The van der Waals surface area contributed by atoms with Gasteiger partial charge in [0.25, 0.3) is 0 Å². The van der Waals surface area contributed by atoms with Gasteiger partial charge in [-0.3, -0.25) is 4.84 Å². The summed E-state index contributed by atoms with van der Waals surface area (Å²) in [6.07, 6.45) is 7.99. The first-order chi connectivity index (χ1) is 7.93. The summed E-state index contributed by atoms with van der Waals surface area (Å²) >= 11 is 0. The van der Waals surface area contributed by atoms with Gasteiger partial charge in [-0.2, -0.15) is 0 Å². The van der Waals surface area contributed by atoms with Crippen LogP contribution in [0, 0.1) is 0 Å². The van der Waals surface area contributed by atoms with Crippen LogP contribution in [0.1, 0.15) is 17.2 Å². The standard InChI is InChI=1S/C14H12NO/c1-4-10-15(11-5-1)16-14-9-8-12-6-2-3-7-13(12)14/h1-11,14H/q+1. The number of hydrogen-bond acceptors (Lipinski definition) is 1. The Bertz CT molecular complexity index is 519. The summed E-state index contributed by atoms with van der Waals surface area (Å²) in [6.45, 7) is 0. The number of hydrogen-bond donors (Lipinski definition) is 0. The minimum Gasteiger partial charge on any atom is -0.259 e. The molecule has 0 fully saturated rings. The van der Waals surface area contributed by atoms with Gasteiger partial charge in [-0.05, 0) is 11.6 Å². The van der Waals surface area contributed by atoms with Crippen molar-refractivity contribution in [2.24, 2.45) is 0 Å². The average Bonchev–Trinajstić information content (AvgIpc) is 2.74. The Morgan fingerprint density at radius 3 is 2.62 bits per heavy atom. The summed E-state index contributed by atoms with van der Waals surface area (Å²) in [4.78, 5) is 5.83. The van der Waals surface area contributed by atoms with E-state index in [4.69, 9.17) is 4.84 Å². The second-order valence-corrected chi connectivity index (χ2v) is 3.75. The molecule has 1 atom stereocenters. The summed E-state index contributed by atoms with van der Waals surface area (Å²) in [6, 6.07) is 14.2. The molecule has 0 radical (unpaired) electrons. The molecule has 1 aliphatic carbocycles. The highest BCUT2D eigenvalue weighted by molar-refractivity contribution is 5.61. The van der Waals surface area contributed by atoms with E-state index in [2.05, 4.69) is 24.3 Å². The van der Waals surface area contributed by atoms with Crippen molar-refractivity contribution in [3.63, 3.8) is 0 Å². The lowest BCUT2D eigenvalue weighted by Crippen LogP contribution is -2.42. The monoisotopic (exact) mass is 210 g/mol. The van der Waals surface area contributed by atoms with Crippen molar-refractivity contribution in [2.45, 2.75) is 6.10 Å². The molecule has 0 N–H and O–H groups in total. The Hall–Kier alpha value is -2.09. The largest absolute Gasteiger partial charge is 0.259 e. The van der Waals surface area contributed by atoms with Crippen molar-refractivity contribution in [3.8, 4) is 0 Å². The lowest BCUT2D eigenvalue weighted by Gasteiger charge is -2.06. The van der Waals surface area contributed by atoms with Crippen LogP contribution in [0.25, 0.3) is 6.08 Å². The maximum atomic E-state index is 5.83. The lowest BCUT2D eigenvalue weighted by molar-refractivity contribution is -0.898. The normalized spacial score (nSPS) is 17.1. The van der Waals surface area contributed by atoms with Crippen molar-refractivity contribution in [1.29, 1.82) is 0 Å². The van der Waals surface area contributed by atoms with Crippen LogP contribution in [0.2, 0.25) is 0 Å². The first kappa shape index (κ1) is 9.16. The molecule has 0 amide bonds. The second-order valence-electron chi connectivity index (χ2n) is 3.75. The molecule has 2 nitrogen and oxygen atoms in total. The smallest absolute Gasteiger partial charge is 0.222 e. The van der Waals surface area contributed by atoms with Gasteiger partial charge in [-0.25, -0.2) is 0 Å². The van der Waals surface area contributed by atoms with Crippen LogP contribution in [0.3, 0.4) is 0 Å². The topological polar surface area (TPSA) is 13.1 Å². The summed E-state index contributed by atoms with van der Waals surface area (Å²) in [5.74, 6) is 0. The molecule has 1 unspecified atom stereocenters. The minimum absolute atomic E-state index is 0.0172. The molecule has 0 bridgehead atoms. The van der Waals surface area contributed by atoms with Crippen LogP contribution < -0.4 is 9.57 Å². The number of pyridine rings is 1. The summed E-state index contributed by atoms with van der Waals surface area (Å²) in [5.41, 5.74) is 2.46. The SMILES string of the molecule is C1=CC(O[n+]2ccccc2)c2ccccc21. The predicted molar refractivity (Wildman–Crippen MR) is 61.4 cm³/mol. The van der Waals surface area contributed by atoms with Crippen molar-refractivity contribution in [2.75, 3.05) is 0 Å². The maximum absolute atomic E-state index is 5.83. The Balaban J connectivity index is 1.87. The van der Waals surface area contributed by atoms with Gasteiger partial charge in [0.1, 0.15) is 0 Å². The molecule has 1 aromatic heterocycles. The van der Waals surface area contributed by atoms with E-state index in [0.717, 1.165) is 0 Å². The highest BCUT2D eigenvalue weighted by Gasteiger charge is 2.21. The highest BCUT2D eigenvalue weighted by Crippen LogP contribution is 2.27. The minimum atomic E-state index is 0.0172. The summed E-state index contributed by atoms with van der Waals surface area (Å²) in [7, 11) is 0. The van der Waals surface area contributed by atoms with Gasteiger partial charge in [0.05, 0.1) is 0 Å². The summed E-state index contributed by atoms with van der Waals surface area (Å²) < 4.78 is 1.73. The molecule has 0 aliphatic heterocycles. The van der Waals surface area contributed by atoms with E-state index in [1.807, 2.05) is 42.7 Å². The van der Waals surface area contributed by atoms with Gasteiger partial charge in [0.15, 0.2) is 0 Å². The molecule has 16 heavy (non-hydrogen) atoms. The molecule has 78 valence electrons. The molecule has 1 aliphatic rings. The molecule has 0 spiro atoms. The van der Waals surface area contributed by atoms with E-state index in [1.165, 1.54) is 11.1 Å². The van der Waals surface area contributed by atoms with E-state index in [-0.39, 0.29) is 6.10 Å². The van der Waals surface area contributed by atoms with Crippen LogP contribution in [-0.2, 0) is 0 Å². The van der Waals surface area contributed by atoms with Gasteiger partial charge >= 0.3 is 0 Å². The van der Waals surface area contributed by atoms with E-state index in [9.17, 15) is 0 Å². The molecule has 0 saturated heterocycles. The van der Waals surface area contributed by atoms with Gasteiger partial charge in [0, 0.05) is 22.4 Å². The first-order valence-electron chi connectivity index (χ1n) is 5.34. The fraction of sp³-hybridized carbons (Fsp3) is 0.0714. The molecule has 1 heterocycles. The number of aromatic nitrogens is 1. The molecule has 1 aromatic carbocycles.